The molecule has 0 radical (unpaired) electrons. The van der Waals surface area contributed by atoms with Gasteiger partial charge in [-0.25, -0.2) is 0 Å². The Morgan fingerprint density at radius 1 is 0.971 bits per heavy atom. The summed E-state index contributed by atoms with van der Waals surface area (Å²) in [7, 11) is 0. The second-order valence-corrected chi connectivity index (χ2v) is 8.95. The topological polar surface area (TPSA) is 74.9 Å². The molecule has 0 fully saturated rings. The molecule has 4 rings (SSSR count). The van der Waals surface area contributed by atoms with E-state index in [0.717, 1.165) is 28.0 Å². The van der Waals surface area contributed by atoms with Crippen LogP contribution in [0.25, 0.3) is 23.4 Å². The van der Waals surface area contributed by atoms with Gasteiger partial charge >= 0.3 is 0 Å². The Kier molecular flexibility index (Phi) is 7.20. The maximum atomic E-state index is 13.4. The molecule has 1 amide bonds. The molecular weight excluding hydrogens is 454 g/mol. The van der Waals surface area contributed by atoms with Gasteiger partial charge in [0.15, 0.2) is 5.57 Å². The number of benzene rings is 3. The largest absolute Gasteiger partial charge is 0.321 e. The first-order valence-corrected chi connectivity index (χ1v) is 11.8. The number of thiazole rings is 1. The zero-order valence-electron chi connectivity index (χ0n) is 19.4. The molecule has 3 aromatic carbocycles. The first-order chi connectivity index (χ1) is 17.0. The third kappa shape index (κ3) is 5.37. The van der Waals surface area contributed by atoms with Crippen LogP contribution in [0.2, 0.25) is 0 Å². The van der Waals surface area contributed by atoms with Gasteiger partial charge in [-0.05, 0) is 60.9 Å². The van der Waals surface area contributed by atoms with Crippen LogP contribution < -0.4 is 20.1 Å². The predicted molar refractivity (Wildman–Crippen MR) is 143 cm³/mol. The van der Waals surface area contributed by atoms with E-state index in [4.69, 9.17) is 0 Å². The third-order valence-corrected chi connectivity index (χ3v) is 6.60. The van der Waals surface area contributed by atoms with Crippen LogP contribution >= 0.6 is 11.3 Å². The van der Waals surface area contributed by atoms with Crippen molar-refractivity contribution < 1.29 is 4.79 Å². The Morgan fingerprint density at radius 2 is 1.66 bits per heavy atom. The maximum Gasteiger partial charge on any atom is 0.273 e. The Labute approximate surface area is 207 Å². The van der Waals surface area contributed by atoms with Crippen LogP contribution in [0.1, 0.15) is 16.7 Å². The zero-order valence-corrected chi connectivity index (χ0v) is 20.2. The minimum atomic E-state index is -0.562. The number of rotatable bonds is 5. The summed E-state index contributed by atoms with van der Waals surface area (Å²) in [5.74, 6) is -0.562. The van der Waals surface area contributed by atoms with Gasteiger partial charge in [-0.15, -0.1) is 11.3 Å². The number of amides is 1. The van der Waals surface area contributed by atoms with Gasteiger partial charge in [0.2, 0.25) is 0 Å². The average Bonchev–Trinajstić information content (AvgIpc) is 3.18. The van der Waals surface area contributed by atoms with E-state index in [0.29, 0.717) is 15.9 Å². The standard InChI is InChI=1S/C29H23N3O2S/c1-20-16-17-23(18-21(20)2)31-27(33)25(19-30)29-32(24-13-7-4-8-14-24)28(34)26(35-29)15-9-12-22-10-5-3-6-11-22/h3-18H,1-2H3,(H,31,33). The van der Waals surface area contributed by atoms with Gasteiger partial charge in [-0.1, -0.05) is 66.7 Å². The minimum absolute atomic E-state index is 0.124. The molecule has 0 aliphatic carbocycles. The van der Waals surface area contributed by atoms with Crippen LogP contribution in [0.3, 0.4) is 0 Å². The third-order valence-electron chi connectivity index (χ3n) is 5.49. The number of nitrogens with zero attached hydrogens (tertiary/aromatic N) is 2. The lowest BCUT2D eigenvalue weighted by Gasteiger charge is -2.07. The number of carbonyl (C=O) groups excluding carboxylic acids is 1. The molecule has 6 heteroatoms. The van der Waals surface area contributed by atoms with Crippen LogP contribution in [0.5, 0.6) is 0 Å². The number of nitrogens with one attached hydrogen (secondary N) is 1. The molecule has 1 aromatic heterocycles. The molecule has 5 nitrogen and oxygen atoms in total. The number of para-hydroxylation sites is 1. The van der Waals surface area contributed by atoms with Gasteiger partial charge in [0, 0.05) is 5.69 Å². The van der Waals surface area contributed by atoms with Crippen molar-refractivity contribution in [2.24, 2.45) is 0 Å². The van der Waals surface area contributed by atoms with Crippen LogP contribution in [0, 0.1) is 25.2 Å². The second-order valence-electron chi connectivity index (χ2n) is 7.92. The van der Waals surface area contributed by atoms with E-state index in [2.05, 4.69) is 5.32 Å². The van der Waals surface area contributed by atoms with Crippen molar-refractivity contribution in [2.75, 3.05) is 5.32 Å². The molecule has 1 heterocycles. The van der Waals surface area contributed by atoms with Gasteiger partial charge in [0.05, 0.1) is 10.2 Å². The van der Waals surface area contributed by atoms with Crippen molar-refractivity contribution >= 4 is 40.7 Å². The van der Waals surface area contributed by atoms with Crippen LogP contribution in [0.4, 0.5) is 5.69 Å². The Balaban J connectivity index is 1.86. The van der Waals surface area contributed by atoms with Gasteiger partial charge < -0.3 is 5.32 Å². The van der Waals surface area contributed by atoms with E-state index >= 15 is 0 Å². The number of aromatic nitrogens is 1. The summed E-state index contributed by atoms with van der Waals surface area (Å²) in [6.07, 6.45) is 5.40. The molecular formula is C29H23N3O2S. The maximum absolute atomic E-state index is 13.4. The highest BCUT2D eigenvalue weighted by Crippen LogP contribution is 2.15. The molecule has 35 heavy (non-hydrogen) atoms. The molecule has 0 aliphatic heterocycles. The van der Waals surface area contributed by atoms with Crippen molar-refractivity contribution in [1.82, 2.24) is 4.57 Å². The highest BCUT2D eigenvalue weighted by molar-refractivity contribution is 7.07. The number of anilines is 1. The van der Waals surface area contributed by atoms with E-state index in [-0.39, 0.29) is 15.8 Å². The summed E-state index contributed by atoms with van der Waals surface area (Å²) in [6, 6.07) is 26.3. The summed E-state index contributed by atoms with van der Waals surface area (Å²) in [5.41, 5.74) is 3.89. The zero-order chi connectivity index (χ0) is 24.8. The monoisotopic (exact) mass is 477 g/mol. The number of nitriles is 1. The fraction of sp³-hybridized carbons (Fsp3) is 0.0690. The lowest BCUT2D eigenvalue weighted by molar-refractivity contribution is -0.111. The fourth-order valence-corrected chi connectivity index (χ4v) is 4.55. The highest BCUT2D eigenvalue weighted by Gasteiger charge is 2.17. The summed E-state index contributed by atoms with van der Waals surface area (Å²) in [5, 5.41) is 12.7. The van der Waals surface area contributed by atoms with E-state index < -0.39 is 5.91 Å². The van der Waals surface area contributed by atoms with E-state index in [1.54, 1.807) is 30.4 Å². The molecule has 0 saturated heterocycles. The first kappa shape index (κ1) is 23.7. The molecule has 0 bridgehead atoms. The molecule has 0 saturated carbocycles. The number of carbonyl (C=O) groups is 1. The number of allylic oxidation sites excluding steroid dienone is 1. The molecule has 172 valence electrons. The minimum Gasteiger partial charge on any atom is -0.321 e. The molecule has 0 spiro atoms. The molecule has 0 atom stereocenters. The van der Waals surface area contributed by atoms with Crippen molar-refractivity contribution in [3.8, 4) is 11.8 Å². The SMILES string of the molecule is Cc1ccc(NC(=O)C(C#N)=c2sc(=CC=Cc3ccccc3)c(=O)n2-c2ccccc2)cc1C. The smallest absolute Gasteiger partial charge is 0.273 e. The second kappa shape index (κ2) is 10.6. The predicted octanol–water partition coefficient (Wildman–Crippen LogP) is 4.32. The summed E-state index contributed by atoms with van der Waals surface area (Å²) in [4.78, 5) is 26.5. The Hall–Kier alpha value is -4.47. The Morgan fingerprint density at radius 3 is 2.31 bits per heavy atom. The quantitative estimate of drug-likeness (QED) is 0.465. The van der Waals surface area contributed by atoms with Gasteiger partial charge in [0.1, 0.15) is 10.7 Å². The molecule has 0 aliphatic rings. The number of hydrogen-bond donors (Lipinski definition) is 1. The van der Waals surface area contributed by atoms with Crippen LogP contribution in [0.15, 0.2) is 89.7 Å². The summed E-state index contributed by atoms with van der Waals surface area (Å²) < 4.78 is 2.12. The Bertz CT molecular complexity index is 1620. The molecule has 0 unspecified atom stereocenters. The van der Waals surface area contributed by atoms with Gasteiger partial charge in [-0.2, -0.15) is 5.26 Å². The number of aryl methyl sites for hydroxylation is 2. The first-order valence-electron chi connectivity index (χ1n) is 11.0. The molecule has 4 aromatic rings. The average molecular weight is 478 g/mol. The summed E-state index contributed by atoms with van der Waals surface area (Å²) in [6.45, 7) is 3.94. The lowest BCUT2D eigenvalue weighted by atomic mass is 10.1. The van der Waals surface area contributed by atoms with E-state index in [9.17, 15) is 14.9 Å². The van der Waals surface area contributed by atoms with Gasteiger partial charge in [-0.3, -0.25) is 14.2 Å². The highest BCUT2D eigenvalue weighted by atomic mass is 32.1. The van der Waals surface area contributed by atoms with Crippen molar-refractivity contribution in [2.45, 2.75) is 13.8 Å². The van der Waals surface area contributed by atoms with E-state index in [1.165, 1.54) is 4.57 Å². The van der Waals surface area contributed by atoms with Crippen LogP contribution in [-0.2, 0) is 4.79 Å². The van der Waals surface area contributed by atoms with Gasteiger partial charge in [0.25, 0.3) is 11.5 Å². The molecule has 1 N–H and O–H groups in total. The lowest BCUT2D eigenvalue weighted by Crippen LogP contribution is -2.32. The normalized spacial score (nSPS) is 12.4. The fourth-order valence-electron chi connectivity index (χ4n) is 3.49. The summed E-state index contributed by atoms with van der Waals surface area (Å²) >= 11 is 1.12. The van der Waals surface area contributed by atoms with Crippen molar-refractivity contribution in [3.63, 3.8) is 0 Å². The van der Waals surface area contributed by atoms with Crippen LogP contribution in [-0.4, -0.2) is 10.5 Å². The van der Waals surface area contributed by atoms with E-state index in [1.807, 2.05) is 86.7 Å². The van der Waals surface area contributed by atoms with Crippen molar-refractivity contribution in [1.29, 1.82) is 5.26 Å². The number of hydrogen-bond acceptors (Lipinski definition) is 4. The van der Waals surface area contributed by atoms with Crippen molar-refractivity contribution in [3.05, 3.63) is 121 Å².